The van der Waals surface area contributed by atoms with E-state index in [0.29, 0.717) is 0 Å². The Bertz CT molecular complexity index is 1180. The van der Waals surface area contributed by atoms with Crippen molar-refractivity contribution in [3.05, 3.63) is 51.6 Å². The van der Waals surface area contributed by atoms with Gasteiger partial charge in [-0.3, -0.25) is 9.59 Å². The maximum absolute atomic E-state index is 15.3. The molecule has 168 valence electrons. The summed E-state index contributed by atoms with van der Waals surface area (Å²) < 4.78 is 31.5. The Morgan fingerprint density at radius 2 is 1.66 bits per heavy atom. The molecule has 2 aromatic rings. The minimum atomic E-state index is -2.18. The Hall–Kier alpha value is -3.01. The molecule has 2 unspecified atom stereocenters. The summed E-state index contributed by atoms with van der Waals surface area (Å²) in [7, 11) is 1.34. The molecule has 9 heteroatoms. The second-order valence-corrected chi connectivity index (χ2v) is 8.36. The predicted molar refractivity (Wildman–Crippen MR) is 107 cm³/mol. The van der Waals surface area contributed by atoms with Gasteiger partial charge in [0.2, 0.25) is 5.78 Å². The van der Waals surface area contributed by atoms with Crippen molar-refractivity contribution in [1.82, 2.24) is 0 Å². The van der Waals surface area contributed by atoms with Crippen LogP contribution in [0.5, 0.6) is 17.2 Å². The highest BCUT2D eigenvalue weighted by Crippen LogP contribution is 2.51. The van der Waals surface area contributed by atoms with E-state index < -0.39 is 59.0 Å². The van der Waals surface area contributed by atoms with Crippen LogP contribution in [0.3, 0.4) is 0 Å². The van der Waals surface area contributed by atoms with E-state index >= 15 is 4.39 Å². The molecule has 1 saturated heterocycles. The third kappa shape index (κ3) is 2.47. The van der Waals surface area contributed by atoms with Crippen LogP contribution in [0.15, 0.2) is 18.2 Å². The number of ketones is 2. The standard InChI is InChI=1S/C23H21FO8/c1-22(31-6-7-32-22)23(29)9-12-11(8-14(23)24)19(26)17-16(20(12)27)18(25)10-4-3-5-13(30-2)15(10)21(17)28/h3-5,14,26-27,29H,6-9H2,1-2H3. The Labute approximate surface area is 182 Å². The maximum Gasteiger partial charge on any atom is 0.202 e. The second kappa shape index (κ2) is 6.74. The zero-order chi connectivity index (χ0) is 23.0. The maximum atomic E-state index is 15.3. The van der Waals surface area contributed by atoms with Crippen LogP contribution in [0.1, 0.15) is 49.9 Å². The van der Waals surface area contributed by atoms with Crippen LogP contribution in [0.4, 0.5) is 4.39 Å². The molecule has 2 aliphatic carbocycles. The van der Waals surface area contributed by atoms with Gasteiger partial charge < -0.3 is 29.5 Å². The van der Waals surface area contributed by atoms with Gasteiger partial charge in [-0.2, -0.15) is 0 Å². The highest BCUT2D eigenvalue weighted by Gasteiger charge is 2.60. The fourth-order valence-electron chi connectivity index (χ4n) is 5.00. The number of aliphatic hydroxyl groups is 1. The van der Waals surface area contributed by atoms with Crippen LogP contribution >= 0.6 is 0 Å². The van der Waals surface area contributed by atoms with Gasteiger partial charge >= 0.3 is 0 Å². The van der Waals surface area contributed by atoms with E-state index in [0.717, 1.165) is 0 Å². The highest BCUT2D eigenvalue weighted by atomic mass is 19.1. The zero-order valence-corrected chi connectivity index (χ0v) is 17.4. The van der Waals surface area contributed by atoms with Crippen molar-refractivity contribution in [3.63, 3.8) is 0 Å². The van der Waals surface area contributed by atoms with Crippen LogP contribution in [0.25, 0.3) is 0 Å². The lowest BCUT2D eigenvalue weighted by Crippen LogP contribution is -2.62. The number of aromatic hydroxyl groups is 2. The topological polar surface area (TPSA) is 123 Å². The predicted octanol–water partition coefficient (Wildman–Crippen LogP) is 1.81. The van der Waals surface area contributed by atoms with Crippen molar-refractivity contribution in [1.29, 1.82) is 0 Å². The van der Waals surface area contributed by atoms with E-state index in [9.17, 15) is 24.9 Å². The van der Waals surface area contributed by atoms with Gasteiger partial charge in [0.15, 0.2) is 17.2 Å². The molecule has 0 bridgehead atoms. The number of fused-ring (bicyclic) bond motifs is 3. The molecule has 0 saturated carbocycles. The van der Waals surface area contributed by atoms with E-state index in [2.05, 4.69) is 0 Å². The molecule has 5 rings (SSSR count). The van der Waals surface area contributed by atoms with Gasteiger partial charge in [-0.25, -0.2) is 4.39 Å². The van der Waals surface area contributed by atoms with Crippen molar-refractivity contribution in [2.75, 3.05) is 20.3 Å². The molecule has 0 spiro atoms. The number of hydrogen-bond acceptors (Lipinski definition) is 8. The first-order chi connectivity index (χ1) is 15.1. The van der Waals surface area contributed by atoms with E-state index in [1.54, 1.807) is 0 Å². The average molecular weight is 444 g/mol. The van der Waals surface area contributed by atoms with E-state index in [-0.39, 0.29) is 46.8 Å². The number of alkyl halides is 1. The number of halogens is 1. The lowest BCUT2D eigenvalue weighted by molar-refractivity contribution is -0.279. The summed E-state index contributed by atoms with van der Waals surface area (Å²) in [6.07, 6.45) is -2.93. The molecule has 1 fully saturated rings. The van der Waals surface area contributed by atoms with Crippen LogP contribution < -0.4 is 4.74 Å². The van der Waals surface area contributed by atoms with E-state index in [1.165, 1.54) is 32.2 Å². The molecule has 2 aromatic carbocycles. The number of benzene rings is 2. The fraction of sp³-hybridized carbons (Fsp3) is 0.391. The molecule has 0 amide bonds. The molecule has 0 radical (unpaired) electrons. The number of phenolic OH excluding ortho intramolecular Hbond substituents is 2. The molecule has 3 N–H and O–H groups in total. The molecule has 2 atom stereocenters. The first-order valence-corrected chi connectivity index (χ1v) is 10.1. The summed E-state index contributed by atoms with van der Waals surface area (Å²) in [6.45, 7) is 1.72. The zero-order valence-electron chi connectivity index (χ0n) is 17.4. The molecule has 1 heterocycles. The lowest BCUT2D eigenvalue weighted by atomic mass is 9.71. The quantitative estimate of drug-likeness (QED) is 0.512. The number of ether oxygens (including phenoxy) is 3. The van der Waals surface area contributed by atoms with Crippen LogP contribution in [-0.4, -0.2) is 64.8 Å². The van der Waals surface area contributed by atoms with Gasteiger partial charge in [-0.1, -0.05) is 12.1 Å². The monoisotopic (exact) mass is 444 g/mol. The van der Waals surface area contributed by atoms with Crippen LogP contribution in [-0.2, 0) is 22.3 Å². The van der Waals surface area contributed by atoms with Crippen molar-refractivity contribution in [2.24, 2.45) is 0 Å². The first-order valence-electron chi connectivity index (χ1n) is 10.1. The highest BCUT2D eigenvalue weighted by molar-refractivity contribution is 6.31. The second-order valence-electron chi connectivity index (χ2n) is 8.36. The Morgan fingerprint density at radius 1 is 1.03 bits per heavy atom. The van der Waals surface area contributed by atoms with Crippen LogP contribution in [0.2, 0.25) is 0 Å². The number of phenols is 2. The van der Waals surface area contributed by atoms with Gasteiger partial charge in [0.25, 0.3) is 0 Å². The number of rotatable bonds is 2. The lowest BCUT2D eigenvalue weighted by Gasteiger charge is -2.45. The van der Waals surface area contributed by atoms with Gasteiger partial charge in [0.05, 0.1) is 37.0 Å². The SMILES string of the molecule is COc1cccc2c1C(=O)c1c(O)c3c(c(O)c1C2=O)CC(O)(C1(C)OCCO1)C(F)C3. The third-order valence-electron chi connectivity index (χ3n) is 6.80. The average Bonchev–Trinajstić information content (AvgIpc) is 3.23. The Morgan fingerprint density at radius 3 is 2.31 bits per heavy atom. The minimum absolute atomic E-state index is 0.0142. The largest absolute Gasteiger partial charge is 0.507 e. The summed E-state index contributed by atoms with van der Waals surface area (Å²) in [5.74, 6) is -4.11. The van der Waals surface area contributed by atoms with Crippen molar-refractivity contribution in [3.8, 4) is 17.2 Å². The summed E-state index contributed by atoms with van der Waals surface area (Å²) in [4.78, 5) is 26.5. The van der Waals surface area contributed by atoms with E-state index in [4.69, 9.17) is 14.2 Å². The number of methoxy groups -OCH3 is 1. The minimum Gasteiger partial charge on any atom is -0.507 e. The van der Waals surface area contributed by atoms with E-state index in [1.807, 2.05) is 0 Å². The molecular weight excluding hydrogens is 423 g/mol. The number of carbonyl (C=O) groups excluding carboxylic acids is 2. The van der Waals surface area contributed by atoms with Crippen molar-refractivity contribution < 1.29 is 43.5 Å². The summed E-state index contributed by atoms with van der Waals surface area (Å²) in [5, 5.41) is 33.2. The van der Waals surface area contributed by atoms with Gasteiger partial charge in [-0.05, 0) is 13.0 Å². The van der Waals surface area contributed by atoms with Crippen molar-refractivity contribution in [2.45, 2.75) is 37.3 Å². The molecular formula is C23H21FO8. The molecule has 0 aromatic heterocycles. The van der Waals surface area contributed by atoms with Crippen LogP contribution in [0, 0.1) is 0 Å². The Balaban J connectivity index is 1.72. The third-order valence-corrected chi connectivity index (χ3v) is 6.80. The number of hydrogen-bond donors (Lipinski definition) is 3. The van der Waals surface area contributed by atoms with Gasteiger partial charge in [-0.15, -0.1) is 0 Å². The molecule has 3 aliphatic rings. The normalized spacial score (nSPS) is 25.8. The van der Waals surface area contributed by atoms with Gasteiger partial charge in [0, 0.05) is 29.5 Å². The molecule has 32 heavy (non-hydrogen) atoms. The summed E-state index contributed by atoms with van der Waals surface area (Å²) in [5.41, 5.74) is -3.06. The fourth-order valence-corrected chi connectivity index (χ4v) is 5.00. The number of carbonyl (C=O) groups is 2. The summed E-state index contributed by atoms with van der Waals surface area (Å²) >= 11 is 0. The first kappa shape index (κ1) is 20.9. The molecule has 8 nitrogen and oxygen atoms in total. The molecule has 1 aliphatic heterocycles. The Kier molecular flexibility index (Phi) is 4.40. The smallest absolute Gasteiger partial charge is 0.202 e. The summed E-state index contributed by atoms with van der Waals surface area (Å²) in [6, 6.07) is 4.46. The van der Waals surface area contributed by atoms with Gasteiger partial charge in [0.1, 0.15) is 23.4 Å². The van der Waals surface area contributed by atoms with Crippen molar-refractivity contribution >= 4 is 11.6 Å².